The lowest BCUT2D eigenvalue weighted by Crippen LogP contribution is -2.25. The minimum absolute atomic E-state index is 0.193. The molecule has 1 aromatic rings. The Morgan fingerprint density at radius 3 is 2.84 bits per heavy atom. The fourth-order valence-corrected chi connectivity index (χ4v) is 3.01. The van der Waals surface area contributed by atoms with E-state index in [-0.39, 0.29) is 4.90 Å². The van der Waals surface area contributed by atoms with Crippen molar-refractivity contribution in [2.24, 2.45) is 5.92 Å². The van der Waals surface area contributed by atoms with Crippen LogP contribution in [0.25, 0.3) is 0 Å². The first kappa shape index (κ1) is 14.8. The van der Waals surface area contributed by atoms with Gasteiger partial charge in [0.15, 0.2) is 0 Å². The summed E-state index contributed by atoms with van der Waals surface area (Å²) < 4.78 is 31.8. The normalized spacial score (nSPS) is 15.6. The summed E-state index contributed by atoms with van der Waals surface area (Å²) in [7, 11) is -3.46. The lowest BCUT2D eigenvalue weighted by molar-refractivity contribution is 0.123. The first-order chi connectivity index (χ1) is 9.08. The van der Waals surface area contributed by atoms with Crippen LogP contribution in [-0.2, 0) is 14.8 Å². The minimum atomic E-state index is -3.46. The van der Waals surface area contributed by atoms with Crippen LogP contribution in [0.4, 0.5) is 0 Å². The molecule has 1 aliphatic rings. The maximum absolute atomic E-state index is 11.9. The molecule has 0 spiro atoms. The Hall–Kier alpha value is -0.620. The van der Waals surface area contributed by atoms with Gasteiger partial charge in [0.25, 0.3) is 0 Å². The van der Waals surface area contributed by atoms with Crippen LogP contribution in [0.5, 0.6) is 0 Å². The zero-order chi connectivity index (χ0) is 13.7. The monoisotopic (exact) mass is 303 g/mol. The van der Waals surface area contributed by atoms with Gasteiger partial charge >= 0.3 is 0 Å². The third kappa shape index (κ3) is 5.10. The van der Waals surface area contributed by atoms with Crippen LogP contribution >= 0.6 is 11.6 Å². The molecular formula is C13H18ClNO3S. The Balaban J connectivity index is 1.71. The van der Waals surface area contributed by atoms with Crippen molar-refractivity contribution in [3.05, 3.63) is 29.3 Å². The quantitative estimate of drug-likeness (QED) is 0.751. The molecule has 0 heterocycles. The summed E-state index contributed by atoms with van der Waals surface area (Å²) in [6.45, 7) is 1.77. The molecule has 0 saturated heterocycles. The maximum atomic E-state index is 11.9. The molecule has 1 aromatic carbocycles. The number of rotatable bonds is 8. The second kappa shape index (κ2) is 6.70. The van der Waals surface area contributed by atoms with Crippen molar-refractivity contribution in [2.75, 3.05) is 19.8 Å². The molecule has 1 N–H and O–H groups in total. The van der Waals surface area contributed by atoms with E-state index < -0.39 is 10.0 Å². The molecule has 0 radical (unpaired) electrons. The lowest BCUT2D eigenvalue weighted by Gasteiger charge is -2.07. The standard InChI is InChI=1S/C13H18ClNO3S/c14-12-3-1-4-13(9-12)19(16,17)15-7-2-8-18-10-11-5-6-11/h1,3-4,9,11,15H,2,5-8,10H2. The highest BCUT2D eigenvalue weighted by Gasteiger charge is 2.20. The van der Waals surface area contributed by atoms with E-state index >= 15 is 0 Å². The molecule has 0 bridgehead atoms. The van der Waals surface area contributed by atoms with E-state index in [0.29, 0.717) is 24.6 Å². The Kier molecular flexibility index (Phi) is 5.21. The molecule has 0 aromatic heterocycles. The molecule has 19 heavy (non-hydrogen) atoms. The molecule has 2 rings (SSSR count). The minimum Gasteiger partial charge on any atom is -0.381 e. The van der Waals surface area contributed by atoms with E-state index in [4.69, 9.17) is 16.3 Å². The van der Waals surface area contributed by atoms with Crippen molar-refractivity contribution in [1.82, 2.24) is 4.72 Å². The predicted molar refractivity (Wildman–Crippen MR) is 74.8 cm³/mol. The van der Waals surface area contributed by atoms with E-state index in [9.17, 15) is 8.42 Å². The molecule has 0 unspecified atom stereocenters. The Labute approximate surface area is 119 Å². The lowest BCUT2D eigenvalue weighted by atomic mass is 10.4. The van der Waals surface area contributed by atoms with Crippen LogP contribution in [0, 0.1) is 5.92 Å². The summed E-state index contributed by atoms with van der Waals surface area (Å²) in [6.07, 6.45) is 3.20. The van der Waals surface area contributed by atoms with Gasteiger partial charge < -0.3 is 4.74 Å². The Morgan fingerprint density at radius 1 is 1.37 bits per heavy atom. The summed E-state index contributed by atoms with van der Waals surface area (Å²) in [5, 5.41) is 0.413. The van der Waals surface area contributed by atoms with Crippen molar-refractivity contribution in [3.63, 3.8) is 0 Å². The number of hydrogen-bond donors (Lipinski definition) is 1. The number of ether oxygens (including phenoxy) is 1. The molecule has 6 heteroatoms. The molecule has 1 fully saturated rings. The second-order valence-corrected chi connectivity index (χ2v) is 6.93. The number of nitrogens with one attached hydrogen (secondary N) is 1. The van der Waals surface area contributed by atoms with Crippen molar-refractivity contribution >= 4 is 21.6 Å². The summed E-state index contributed by atoms with van der Waals surface area (Å²) in [4.78, 5) is 0.193. The topological polar surface area (TPSA) is 55.4 Å². The van der Waals surface area contributed by atoms with E-state index in [1.165, 1.54) is 25.0 Å². The summed E-state index contributed by atoms with van der Waals surface area (Å²) in [6, 6.07) is 6.23. The number of benzene rings is 1. The highest BCUT2D eigenvalue weighted by Crippen LogP contribution is 2.28. The smallest absolute Gasteiger partial charge is 0.240 e. The average Bonchev–Trinajstić information content (AvgIpc) is 3.17. The maximum Gasteiger partial charge on any atom is 0.240 e. The van der Waals surface area contributed by atoms with Gasteiger partial charge in [0, 0.05) is 24.8 Å². The highest BCUT2D eigenvalue weighted by atomic mass is 35.5. The van der Waals surface area contributed by atoms with E-state index in [2.05, 4.69) is 4.72 Å². The van der Waals surface area contributed by atoms with E-state index in [0.717, 1.165) is 12.5 Å². The largest absolute Gasteiger partial charge is 0.381 e. The number of hydrogen-bond acceptors (Lipinski definition) is 3. The first-order valence-corrected chi connectivity index (χ1v) is 8.27. The summed E-state index contributed by atoms with van der Waals surface area (Å²) >= 11 is 5.78. The second-order valence-electron chi connectivity index (χ2n) is 4.73. The van der Waals surface area contributed by atoms with Crippen LogP contribution in [0.2, 0.25) is 5.02 Å². The average molecular weight is 304 g/mol. The Morgan fingerprint density at radius 2 is 2.16 bits per heavy atom. The molecule has 0 amide bonds. The van der Waals surface area contributed by atoms with Gasteiger partial charge in [-0.25, -0.2) is 13.1 Å². The van der Waals surface area contributed by atoms with Crippen LogP contribution in [0.15, 0.2) is 29.2 Å². The van der Waals surface area contributed by atoms with Crippen molar-refractivity contribution in [1.29, 1.82) is 0 Å². The van der Waals surface area contributed by atoms with Crippen LogP contribution in [0.3, 0.4) is 0 Å². The van der Waals surface area contributed by atoms with Gasteiger partial charge in [-0.3, -0.25) is 0 Å². The highest BCUT2D eigenvalue weighted by molar-refractivity contribution is 7.89. The number of sulfonamides is 1. The summed E-state index contributed by atoms with van der Waals surface area (Å²) in [5.41, 5.74) is 0. The van der Waals surface area contributed by atoms with Gasteiger partial charge in [0.1, 0.15) is 0 Å². The third-order valence-electron chi connectivity index (χ3n) is 2.91. The van der Waals surface area contributed by atoms with Gasteiger partial charge in [-0.05, 0) is 43.4 Å². The third-order valence-corrected chi connectivity index (χ3v) is 4.61. The fraction of sp³-hybridized carbons (Fsp3) is 0.538. The van der Waals surface area contributed by atoms with Gasteiger partial charge in [0.2, 0.25) is 10.0 Å². The van der Waals surface area contributed by atoms with Gasteiger partial charge in [-0.2, -0.15) is 0 Å². The molecule has 106 valence electrons. The van der Waals surface area contributed by atoms with Crippen molar-refractivity contribution in [3.8, 4) is 0 Å². The zero-order valence-corrected chi connectivity index (χ0v) is 12.2. The fourth-order valence-electron chi connectivity index (χ4n) is 1.63. The number of halogens is 1. The van der Waals surface area contributed by atoms with Crippen LogP contribution < -0.4 is 4.72 Å². The molecule has 1 saturated carbocycles. The van der Waals surface area contributed by atoms with Gasteiger partial charge in [-0.1, -0.05) is 17.7 Å². The summed E-state index contributed by atoms with van der Waals surface area (Å²) in [5.74, 6) is 0.739. The van der Waals surface area contributed by atoms with E-state index in [1.54, 1.807) is 12.1 Å². The Bertz CT molecular complexity index is 514. The van der Waals surface area contributed by atoms with Gasteiger partial charge in [-0.15, -0.1) is 0 Å². The first-order valence-electron chi connectivity index (χ1n) is 6.41. The van der Waals surface area contributed by atoms with Gasteiger partial charge in [0.05, 0.1) is 4.90 Å². The van der Waals surface area contributed by atoms with Crippen LogP contribution in [0.1, 0.15) is 19.3 Å². The zero-order valence-electron chi connectivity index (χ0n) is 10.6. The van der Waals surface area contributed by atoms with Crippen molar-refractivity contribution < 1.29 is 13.2 Å². The SMILES string of the molecule is O=S(=O)(NCCCOCC1CC1)c1cccc(Cl)c1. The molecule has 0 atom stereocenters. The molecular weight excluding hydrogens is 286 g/mol. The van der Waals surface area contributed by atoms with Crippen LogP contribution in [-0.4, -0.2) is 28.2 Å². The molecule has 4 nitrogen and oxygen atoms in total. The molecule has 0 aliphatic heterocycles. The predicted octanol–water partition coefficient (Wildman–Crippen LogP) is 2.43. The van der Waals surface area contributed by atoms with E-state index in [1.807, 2.05) is 0 Å². The molecule has 1 aliphatic carbocycles. The van der Waals surface area contributed by atoms with Crippen molar-refractivity contribution in [2.45, 2.75) is 24.2 Å².